The molecule has 0 bridgehead atoms. The molecule has 0 heterocycles. The smallest absolute Gasteiger partial charge is 0.119 e. The Morgan fingerprint density at radius 3 is 2.47 bits per heavy atom. The molecule has 0 fully saturated rings. The van der Waals surface area contributed by atoms with E-state index in [1.807, 2.05) is 6.07 Å². The highest BCUT2D eigenvalue weighted by molar-refractivity contribution is 5.36. The maximum absolute atomic E-state index is 5.25. The van der Waals surface area contributed by atoms with E-state index in [2.05, 4.69) is 45.1 Å². The largest absolute Gasteiger partial charge is 0.497 e. The first-order valence-corrected chi connectivity index (χ1v) is 6.46. The predicted molar refractivity (Wildman–Crippen MR) is 73.6 cm³/mol. The molecule has 0 spiro atoms. The SMILES string of the molecule is CCNC(CC(C)C)c1ccc(OC)cc1C. The maximum Gasteiger partial charge on any atom is 0.119 e. The van der Waals surface area contributed by atoms with Gasteiger partial charge in [0, 0.05) is 6.04 Å². The van der Waals surface area contributed by atoms with E-state index in [9.17, 15) is 0 Å². The van der Waals surface area contributed by atoms with Crippen molar-refractivity contribution in [2.24, 2.45) is 5.92 Å². The minimum absolute atomic E-state index is 0.450. The van der Waals surface area contributed by atoms with Crippen molar-refractivity contribution >= 4 is 0 Å². The molecule has 0 aliphatic heterocycles. The Bertz CT molecular complexity index is 347. The number of nitrogens with one attached hydrogen (secondary N) is 1. The molecule has 0 aliphatic carbocycles. The van der Waals surface area contributed by atoms with Crippen molar-refractivity contribution in [3.05, 3.63) is 29.3 Å². The molecule has 0 aliphatic rings. The van der Waals surface area contributed by atoms with Gasteiger partial charge in [-0.05, 0) is 49.1 Å². The third-order valence-electron chi connectivity index (χ3n) is 3.01. The molecule has 0 saturated heterocycles. The average molecular weight is 235 g/mol. The van der Waals surface area contributed by atoms with Crippen LogP contribution in [0.25, 0.3) is 0 Å². The lowest BCUT2D eigenvalue weighted by Gasteiger charge is -2.22. The van der Waals surface area contributed by atoms with Gasteiger partial charge in [0.25, 0.3) is 0 Å². The van der Waals surface area contributed by atoms with Gasteiger partial charge in [0.1, 0.15) is 5.75 Å². The number of hydrogen-bond donors (Lipinski definition) is 1. The van der Waals surface area contributed by atoms with E-state index >= 15 is 0 Å². The summed E-state index contributed by atoms with van der Waals surface area (Å²) in [7, 11) is 1.71. The van der Waals surface area contributed by atoms with Gasteiger partial charge in [-0.1, -0.05) is 26.8 Å². The summed E-state index contributed by atoms with van der Waals surface area (Å²) in [5.74, 6) is 1.63. The fourth-order valence-corrected chi connectivity index (χ4v) is 2.20. The molecule has 0 amide bonds. The third-order valence-corrected chi connectivity index (χ3v) is 3.01. The summed E-state index contributed by atoms with van der Waals surface area (Å²) >= 11 is 0. The molecule has 2 heteroatoms. The summed E-state index contributed by atoms with van der Waals surface area (Å²) in [6.07, 6.45) is 1.17. The molecule has 1 atom stereocenters. The zero-order valence-corrected chi connectivity index (χ0v) is 11.7. The van der Waals surface area contributed by atoms with Crippen LogP contribution in [-0.4, -0.2) is 13.7 Å². The highest BCUT2D eigenvalue weighted by atomic mass is 16.5. The molecule has 2 nitrogen and oxygen atoms in total. The summed E-state index contributed by atoms with van der Waals surface area (Å²) in [4.78, 5) is 0. The van der Waals surface area contributed by atoms with Gasteiger partial charge in [0.05, 0.1) is 7.11 Å². The van der Waals surface area contributed by atoms with Crippen LogP contribution < -0.4 is 10.1 Å². The van der Waals surface area contributed by atoms with Crippen LogP contribution in [0, 0.1) is 12.8 Å². The van der Waals surface area contributed by atoms with Crippen LogP contribution in [-0.2, 0) is 0 Å². The minimum atomic E-state index is 0.450. The fourth-order valence-electron chi connectivity index (χ4n) is 2.20. The lowest BCUT2D eigenvalue weighted by Crippen LogP contribution is -2.23. The number of rotatable bonds is 6. The molecule has 1 rings (SSSR count). The van der Waals surface area contributed by atoms with Crippen LogP contribution in [0.5, 0.6) is 5.75 Å². The second kappa shape index (κ2) is 6.65. The average Bonchev–Trinajstić information content (AvgIpc) is 2.27. The van der Waals surface area contributed by atoms with Crippen molar-refractivity contribution < 1.29 is 4.74 Å². The highest BCUT2D eigenvalue weighted by Gasteiger charge is 2.14. The third kappa shape index (κ3) is 4.04. The second-order valence-corrected chi connectivity index (χ2v) is 4.96. The van der Waals surface area contributed by atoms with E-state index in [1.165, 1.54) is 17.5 Å². The standard InChI is InChI=1S/C15H25NO/c1-6-16-15(9-11(2)3)14-8-7-13(17-5)10-12(14)4/h7-8,10-11,15-16H,6,9H2,1-5H3. The molecule has 0 saturated carbocycles. The molecule has 0 aromatic heterocycles. The monoisotopic (exact) mass is 235 g/mol. The van der Waals surface area contributed by atoms with E-state index in [4.69, 9.17) is 4.74 Å². The van der Waals surface area contributed by atoms with Gasteiger partial charge in [0.15, 0.2) is 0 Å². The minimum Gasteiger partial charge on any atom is -0.497 e. The topological polar surface area (TPSA) is 21.3 Å². The Labute approximate surface area is 105 Å². The van der Waals surface area contributed by atoms with E-state index in [0.717, 1.165) is 12.3 Å². The number of hydrogen-bond acceptors (Lipinski definition) is 2. The normalized spacial score (nSPS) is 12.8. The molecule has 1 N–H and O–H groups in total. The summed E-state index contributed by atoms with van der Waals surface area (Å²) < 4.78 is 5.25. The fraction of sp³-hybridized carbons (Fsp3) is 0.600. The van der Waals surface area contributed by atoms with Gasteiger partial charge < -0.3 is 10.1 Å². The highest BCUT2D eigenvalue weighted by Crippen LogP contribution is 2.26. The first kappa shape index (κ1) is 14.0. The lowest BCUT2D eigenvalue weighted by atomic mass is 9.93. The molecular formula is C15H25NO. The van der Waals surface area contributed by atoms with Crippen molar-refractivity contribution in [3.8, 4) is 5.75 Å². The number of benzene rings is 1. The number of aryl methyl sites for hydroxylation is 1. The van der Waals surface area contributed by atoms with Gasteiger partial charge in [-0.3, -0.25) is 0 Å². The van der Waals surface area contributed by atoms with E-state index in [1.54, 1.807) is 7.11 Å². The maximum atomic E-state index is 5.25. The molecule has 1 aromatic rings. The van der Waals surface area contributed by atoms with Crippen LogP contribution in [0.1, 0.15) is 44.4 Å². The van der Waals surface area contributed by atoms with Crippen molar-refractivity contribution in [1.29, 1.82) is 0 Å². The van der Waals surface area contributed by atoms with Crippen LogP contribution in [0.15, 0.2) is 18.2 Å². The van der Waals surface area contributed by atoms with Gasteiger partial charge in [-0.2, -0.15) is 0 Å². The number of ether oxygens (including phenoxy) is 1. The molecule has 96 valence electrons. The summed E-state index contributed by atoms with van der Waals surface area (Å²) in [6.45, 7) is 9.85. The van der Waals surface area contributed by atoms with Gasteiger partial charge in [-0.15, -0.1) is 0 Å². The van der Waals surface area contributed by atoms with Gasteiger partial charge in [-0.25, -0.2) is 0 Å². The molecule has 1 aromatic carbocycles. The van der Waals surface area contributed by atoms with E-state index in [-0.39, 0.29) is 0 Å². The second-order valence-electron chi connectivity index (χ2n) is 4.96. The molecule has 0 radical (unpaired) electrons. The quantitative estimate of drug-likeness (QED) is 0.811. The Morgan fingerprint density at radius 2 is 2.00 bits per heavy atom. The summed E-state index contributed by atoms with van der Waals surface area (Å²) in [5, 5.41) is 3.57. The van der Waals surface area contributed by atoms with Crippen molar-refractivity contribution in [2.45, 2.75) is 40.2 Å². The van der Waals surface area contributed by atoms with Gasteiger partial charge in [0.2, 0.25) is 0 Å². The summed E-state index contributed by atoms with van der Waals surface area (Å²) in [6, 6.07) is 6.79. The Balaban J connectivity index is 2.93. The van der Waals surface area contributed by atoms with Crippen molar-refractivity contribution in [1.82, 2.24) is 5.32 Å². The Hall–Kier alpha value is -1.02. The van der Waals surface area contributed by atoms with Crippen LogP contribution in [0.3, 0.4) is 0 Å². The zero-order chi connectivity index (χ0) is 12.8. The molecule has 17 heavy (non-hydrogen) atoms. The van der Waals surface area contributed by atoms with Crippen molar-refractivity contribution in [2.75, 3.05) is 13.7 Å². The zero-order valence-electron chi connectivity index (χ0n) is 11.7. The Morgan fingerprint density at radius 1 is 1.29 bits per heavy atom. The van der Waals surface area contributed by atoms with E-state index in [0.29, 0.717) is 12.0 Å². The molecule has 1 unspecified atom stereocenters. The first-order valence-electron chi connectivity index (χ1n) is 6.46. The number of methoxy groups -OCH3 is 1. The van der Waals surface area contributed by atoms with Crippen molar-refractivity contribution in [3.63, 3.8) is 0 Å². The predicted octanol–water partition coefficient (Wildman–Crippen LogP) is 3.70. The molecular weight excluding hydrogens is 210 g/mol. The summed E-state index contributed by atoms with van der Waals surface area (Å²) in [5.41, 5.74) is 2.69. The lowest BCUT2D eigenvalue weighted by molar-refractivity contribution is 0.412. The van der Waals surface area contributed by atoms with Crippen LogP contribution in [0.4, 0.5) is 0 Å². The van der Waals surface area contributed by atoms with Crippen LogP contribution in [0.2, 0.25) is 0 Å². The first-order chi connectivity index (χ1) is 8.08. The van der Waals surface area contributed by atoms with Gasteiger partial charge >= 0.3 is 0 Å². The van der Waals surface area contributed by atoms with Crippen LogP contribution >= 0.6 is 0 Å². The van der Waals surface area contributed by atoms with E-state index < -0.39 is 0 Å². The Kier molecular flexibility index (Phi) is 5.49.